The van der Waals surface area contributed by atoms with Crippen molar-refractivity contribution in [2.24, 2.45) is 0 Å². The van der Waals surface area contributed by atoms with Gasteiger partial charge in [0.05, 0.1) is 12.7 Å². The van der Waals surface area contributed by atoms with Crippen molar-refractivity contribution in [3.63, 3.8) is 0 Å². The third kappa shape index (κ3) is 2.61. The Balaban J connectivity index is 1.48. The molecule has 0 N–H and O–H groups in total. The molecule has 144 valence electrons. The van der Waals surface area contributed by atoms with Gasteiger partial charge in [-0.25, -0.2) is 9.97 Å². The third-order valence-electron chi connectivity index (χ3n) is 5.74. The number of pyridine rings is 1. The number of hydrogen-bond donors (Lipinski definition) is 0. The Morgan fingerprint density at radius 2 is 1.93 bits per heavy atom. The molecule has 2 aliphatic rings. The number of rotatable bonds is 3. The quantitative estimate of drug-likeness (QED) is 0.535. The molecule has 5 heterocycles. The number of anilines is 1. The van der Waals surface area contributed by atoms with Crippen molar-refractivity contribution in [1.29, 1.82) is 0 Å². The second-order valence-corrected chi connectivity index (χ2v) is 7.42. The molecule has 1 aliphatic heterocycles. The zero-order valence-corrected chi connectivity index (χ0v) is 15.8. The molecule has 0 radical (unpaired) electrons. The van der Waals surface area contributed by atoms with E-state index in [1.807, 2.05) is 33.7 Å². The van der Waals surface area contributed by atoms with E-state index in [4.69, 9.17) is 4.98 Å². The highest BCUT2D eigenvalue weighted by atomic mass is 15.4. The summed E-state index contributed by atoms with van der Waals surface area (Å²) in [4.78, 5) is 20.7. The summed E-state index contributed by atoms with van der Waals surface area (Å²) in [6.45, 7) is 0.716. The fourth-order valence-electron chi connectivity index (χ4n) is 4.34. The van der Waals surface area contributed by atoms with Crippen LogP contribution in [0.5, 0.6) is 0 Å². The normalized spacial score (nSPS) is 16.1. The topological polar surface area (TPSA) is 90.4 Å². The van der Waals surface area contributed by atoms with Crippen LogP contribution < -0.4 is 4.90 Å². The largest absolute Gasteiger partial charge is 0.344 e. The first-order chi connectivity index (χ1) is 14.4. The predicted molar refractivity (Wildman–Crippen MR) is 106 cm³/mol. The lowest BCUT2D eigenvalue weighted by Gasteiger charge is -2.34. The highest BCUT2D eigenvalue weighted by molar-refractivity contribution is 5.62. The molecule has 0 atom stereocenters. The summed E-state index contributed by atoms with van der Waals surface area (Å²) in [5.41, 5.74) is 1.85. The van der Waals surface area contributed by atoms with Crippen molar-refractivity contribution >= 4 is 5.82 Å². The van der Waals surface area contributed by atoms with Gasteiger partial charge in [0.15, 0.2) is 11.6 Å². The summed E-state index contributed by atoms with van der Waals surface area (Å²) in [7, 11) is 0. The van der Waals surface area contributed by atoms with Gasteiger partial charge < -0.3 is 4.90 Å². The summed E-state index contributed by atoms with van der Waals surface area (Å²) in [6, 6.07) is 4.36. The number of hydrogen-bond acceptors (Lipinski definition) is 7. The van der Waals surface area contributed by atoms with Gasteiger partial charge in [-0.15, -0.1) is 10.2 Å². The molecule has 1 fully saturated rings. The van der Waals surface area contributed by atoms with Crippen molar-refractivity contribution < 1.29 is 0 Å². The van der Waals surface area contributed by atoms with Crippen LogP contribution in [0.4, 0.5) is 5.82 Å². The molecule has 9 nitrogen and oxygen atoms in total. The van der Waals surface area contributed by atoms with Crippen LogP contribution in [0.1, 0.15) is 31.5 Å². The van der Waals surface area contributed by atoms with Gasteiger partial charge in [0.1, 0.15) is 17.8 Å². The van der Waals surface area contributed by atoms with Crippen LogP contribution in [0.2, 0.25) is 0 Å². The van der Waals surface area contributed by atoms with Crippen LogP contribution in [0.3, 0.4) is 0 Å². The smallest absolute Gasteiger partial charge is 0.237 e. The van der Waals surface area contributed by atoms with Crippen LogP contribution in [0.15, 0.2) is 49.4 Å². The second kappa shape index (κ2) is 6.47. The monoisotopic (exact) mass is 385 g/mol. The van der Waals surface area contributed by atoms with Crippen molar-refractivity contribution in [3.05, 3.63) is 55.3 Å². The van der Waals surface area contributed by atoms with Crippen molar-refractivity contribution in [3.8, 4) is 23.0 Å². The van der Waals surface area contributed by atoms with E-state index in [1.165, 1.54) is 25.7 Å². The molecule has 4 aromatic rings. The Labute approximate surface area is 167 Å². The summed E-state index contributed by atoms with van der Waals surface area (Å²) in [5.74, 6) is 3.23. The Hall–Kier alpha value is -3.62. The molecule has 0 unspecified atom stereocenters. The maximum Gasteiger partial charge on any atom is 0.237 e. The Morgan fingerprint density at radius 3 is 2.79 bits per heavy atom. The van der Waals surface area contributed by atoms with Crippen LogP contribution in [0, 0.1) is 0 Å². The number of nitrogens with zero attached hydrogens (tertiary/aromatic N) is 9. The first-order valence-corrected chi connectivity index (χ1v) is 9.85. The summed E-state index contributed by atoms with van der Waals surface area (Å²) >= 11 is 0. The maximum atomic E-state index is 4.99. The minimum atomic E-state index is 0.475. The molecule has 9 heteroatoms. The average Bonchev–Trinajstić information content (AvgIpc) is 3.54. The first kappa shape index (κ1) is 16.3. The van der Waals surface area contributed by atoms with Crippen LogP contribution in [-0.2, 0) is 6.54 Å². The zero-order valence-electron chi connectivity index (χ0n) is 15.8. The second-order valence-electron chi connectivity index (χ2n) is 7.42. The lowest BCUT2D eigenvalue weighted by molar-refractivity contribution is 0.566. The van der Waals surface area contributed by atoms with E-state index in [0.29, 0.717) is 18.5 Å². The van der Waals surface area contributed by atoms with Crippen molar-refractivity contribution in [2.75, 3.05) is 4.90 Å². The van der Waals surface area contributed by atoms with Gasteiger partial charge in [-0.2, -0.15) is 4.98 Å². The minimum Gasteiger partial charge on any atom is -0.344 e. The molecule has 6 rings (SSSR count). The molecule has 4 aromatic heterocycles. The molecular formula is C20H19N9. The van der Waals surface area contributed by atoms with Gasteiger partial charge in [-0.05, 0) is 25.0 Å². The molecule has 0 aromatic carbocycles. The van der Waals surface area contributed by atoms with Crippen LogP contribution in [-0.4, -0.2) is 45.3 Å². The van der Waals surface area contributed by atoms with Gasteiger partial charge >= 0.3 is 0 Å². The number of imidazole rings is 1. The lowest BCUT2D eigenvalue weighted by Crippen LogP contribution is -2.38. The van der Waals surface area contributed by atoms with Crippen molar-refractivity contribution in [1.82, 2.24) is 39.3 Å². The first-order valence-electron chi connectivity index (χ1n) is 9.85. The number of fused-ring (bicyclic) bond motifs is 3. The molecule has 0 bridgehead atoms. The van der Waals surface area contributed by atoms with Crippen molar-refractivity contribution in [2.45, 2.75) is 38.3 Å². The van der Waals surface area contributed by atoms with E-state index in [-0.39, 0.29) is 0 Å². The molecule has 0 amide bonds. The van der Waals surface area contributed by atoms with Gasteiger partial charge in [0, 0.05) is 36.4 Å². The molecular weight excluding hydrogens is 366 g/mol. The Kier molecular flexibility index (Phi) is 3.65. The third-order valence-corrected chi connectivity index (χ3v) is 5.74. The highest BCUT2D eigenvalue weighted by Gasteiger charge is 2.32. The van der Waals surface area contributed by atoms with Gasteiger partial charge in [0.2, 0.25) is 5.95 Å². The van der Waals surface area contributed by atoms with E-state index in [2.05, 4.69) is 30.0 Å². The van der Waals surface area contributed by atoms with E-state index < -0.39 is 0 Å². The molecule has 1 aliphatic carbocycles. The average molecular weight is 385 g/mol. The van der Waals surface area contributed by atoms with Gasteiger partial charge in [-0.3, -0.25) is 14.1 Å². The Morgan fingerprint density at radius 1 is 1.00 bits per heavy atom. The molecule has 1 saturated carbocycles. The zero-order chi connectivity index (χ0) is 19.2. The highest BCUT2D eigenvalue weighted by Crippen LogP contribution is 2.35. The SMILES string of the molecule is c1cncc(-c2nccn2-c2ncc3c(n2)N(C2CCCC2)Cc2nncn2-3)c1. The molecule has 0 spiro atoms. The van der Waals surface area contributed by atoms with E-state index >= 15 is 0 Å². The standard InChI is InChI=1S/C20H19N9/c1-2-6-15(5-1)28-12-17-26-24-13-29(17)16-11-23-20(25-19(16)28)27-9-8-22-18(27)14-4-3-7-21-10-14/h3-4,7-11,13,15H,1-2,5-6,12H2. The summed E-state index contributed by atoms with van der Waals surface area (Å²) in [6.07, 6.45) is 15.7. The summed E-state index contributed by atoms with van der Waals surface area (Å²) < 4.78 is 3.90. The van der Waals surface area contributed by atoms with Crippen LogP contribution >= 0.6 is 0 Å². The minimum absolute atomic E-state index is 0.475. The Bertz CT molecular complexity index is 1160. The predicted octanol–water partition coefficient (Wildman–Crippen LogP) is 2.57. The van der Waals surface area contributed by atoms with E-state index in [0.717, 1.165) is 28.7 Å². The van der Waals surface area contributed by atoms with Gasteiger partial charge in [0.25, 0.3) is 0 Å². The van der Waals surface area contributed by atoms with E-state index in [1.54, 1.807) is 24.9 Å². The van der Waals surface area contributed by atoms with E-state index in [9.17, 15) is 0 Å². The van der Waals surface area contributed by atoms with Crippen LogP contribution in [0.25, 0.3) is 23.0 Å². The summed E-state index contributed by atoms with van der Waals surface area (Å²) in [5, 5.41) is 8.40. The van der Waals surface area contributed by atoms with Gasteiger partial charge in [-0.1, -0.05) is 12.8 Å². The molecule has 0 saturated heterocycles. The fraction of sp³-hybridized carbons (Fsp3) is 0.300. The maximum absolute atomic E-state index is 4.99. The lowest BCUT2D eigenvalue weighted by atomic mass is 10.2. The fourth-order valence-corrected chi connectivity index (χ4v) is 4.34. The number of aromatic nitrogens is 8. The molecule has 29 heavy (non-hydrogen) atoms.